The molecule has 0 unspecified atom stereocenters. The molecule has 1 N–H and O–H groups in total. The third-order valence-electron chi connectivity index (χ3n) is 5.24. The zero-order valence-corrected chi connectivity index (χ0v) is 16.0. The number of carbonyl (C=O) groups is 1. The fraction of sp³-hybridized carbons (Fsp3) is 0.400. The van der Waals surface area contributed by atoms with Crippen LogP contribution in [0.5, 0.6) is 11.5 Å². The van der Waals surface area contributed by atoms with Gasteiger partial charge in [-0.2, -0.15) is 5.10 Å². The second kappa shape index (κ2) is 7.57. The molecule has 29 heavy (non-hydrogen) atoms. The van der Waals surface area contributed by atoms with Crippen LogP contribution in [-0.4, -0.2) is 58.0 Å². The van der Waals surface area contributed by atoms with Crippen molar-refractivity contribution < 1.29 is 14.3 Å². The molecule has 0 radical (unpaired) electrons. The van der Waals surface area contributed by atoms with E-state index in [1.807, 2.05) is 18.2 Å². The van der Waals surface area contributed by atoms with Gasteiger partial charge in [0.15, 0.2) is 17.1 Å². The number of rotatable bonds is 5. The van der Waals surface area contributed by atoms with E-state index in [0.717, 1.165) is 29.9 Å². The van der Waals surface area contributed by atoms with Gasteiger partial charge in [0.2, 0.25) is 6.10 Å². The molecule has 1 amide bonds. The van der Waals surface area contributed by atoms with Crippen LogP contribution >= 0.6 is 0 Å². The molecule has 1 saturated heterocycles. The molecule has 0 bridgehead atoms. The van der Waals surface area contributed by atoms with E-state index in [1.54, 1.807) is 23.3 Å². The Morgan fingerprint density at radius 1 is 1.17 bits per heavy atom. The van der Waals surface area contributed by atoms with Gasteiger partial charge in [0.05, 0.1) is 18.1 Å². The lowest BCUT2D eigenvalue weighted by Crippen LogP contribution is -2.44. The Balaban J connectivity index is 1.21. The Labute approximate surface area is 167 Å². The molecule has 0 saturated carbocycles. The molecule has 1 fully saturated rings. The Morgan fingerprint density at radius 3 is 2.86 bits per heavy atom. The van der Waals surface area contributed by atoms with Crippen molar-refractivity contribution in [1.29, 1.82) is 0 Å². The molecule has 2 aromatic heterocycles. The summed E-state index contributed by atoms with van der Waals surface area (Å²) in [5.74, 6) is 1.98. The minimum atomic E-state index is -0.664. The third kappa shape index (κ3) is 3.43. The minimum absolute atomic E-state index is 0.194. The molecule has 1 atom stereocenters. The monoisotopic (exact) mass is 394 g/mol. The van der Waals surface area contributed by atoms with Gasteiger partial charge in [-0.15, -0.1) is 0 Å². The summed E-state index contributed by atoms with van der Waals surface area (Å²) in [6.07, 6.45) is 5.09. The van der Waals surface area contributed by atoms with Gasteiger partial charge in [0.25, 0.3) is 5.91 Å². The summed E-state index contributed by atoms with van der Waals surface area (Å²) in [6.45, 7) is 3.15. The Hall–Kier alpha value is -3.36. The number of ether oxygens (including phenoxy) is 2. The van der Waals surface area contributed by atoms with Gasteiger partial charge in [0.1, 0.15) is 18.8 Å². The predicted molar refractivity (Wildman–Crippen MR) is 106 cm³/mol. The van der Waals surface area contributed by atoms with Crippen LogP contribution in [0.2, 0.25) is 0 Å². The largest absolute Gasteiger partial charge is 0.485 e. The quantitative estimate of drug-likeness (QED) is 0.699. The van der Waals surface area contributed by atoms with E-state index in [1.165, 1.54) is 12.8 Å². The first-order valence-corrected chi connectivity index (χ1v) is 9.87. The topological polar surface area (TPSA) is 94.4 Å². The maximum absolute atomic E-state index is 12.4. The van der Waals surface area contributed by atoms with Crippen molar-refractivity contribution in [2.24, 2.45) is 0 Å². The van der Waals surface area contributed by atoms with Gasteiger partial charge < -0.3 is 19.7 Å². The number of nitrogens with one attached hydrogen (secondary N) is 1. The van der Waals surface area contributed by atoms with Crippen molar-refractivity contribution in [3.63, 3.8) is 0 Å². The highest BCUT2D eigenvalue weighted by atomic mass is 16.6. The number of aromatic nitrogens is 4. The highest BCUT2D eigenvalue weighted by molar-refractivity contribution is 5.86. The van der Waals surface area contributed by atoms with Crippen LogP contribution in [0.1, 0.15) is 12.8 Å². The Kier molecular flexibility index (Phi) is 4.63. The number of anilines is 1. The SMILES string of the molecule is O=C(NCCn1ncc2c(N3CCCC3)ncnc21)[C@@H]1COc2ccccc2O1. The Bertz CT molecular complexity index is 1030. The average Bonchev–Trinajstić information content (AvgIpc) is 3.43. The standard InChI is InChI=1S/C20H22N6O3/c27-20(17-12-28-15-5-1-2-6-16(15)29-17)21-7-10-26-19-14(11-24-26)18(22-13-23-19)25-8-3-4-9-25/h1-2,5-6,11,13,17H,3-4,7-10,12H2,(H,21,27)/t17-/m0/s1. The van der Waals surface area contributed by atoms with Crippen LogP contribution in [0, 0.1) is 0 Å². The third-order valence-corrected chi connectivity index (χ3v) is 5.24. The van der Waals surface area contributed by atoms with Crippen molar-refractivity contribution in [2.45, 2.75) is 25.5 Å². The summed E-state index contributed by atoms with van der Waals surface area (Å²) < 4.78 is 13.1. The number of hydrogen-bond donors (Lipinski definition) is 1. The van der Waals surface area contributed by atoms with Crippen LogP contribution < -0.4 is 19.7 Å². The summed E-state index contributed by atoms with van der Waals surface area (Å²) in [6, 6.07) is 7.34. The number of benzene rings is 1. The fourth-order valence-electron chi connectivity index (χ4n) is 3.77. The summed E-state index contributed by atoms with van der Waals surface area (Å²) in [5, 5.41) is 8.29. The van der Waals surface area contributed by atoms with Gasteiger partial charge >= 0.3 is 0 Å². The second-order valence-corrected chi connectivity index (χ2v) is 7.15. The molecule has 0 aliphatic carbocycles. The van der Waals surface area contributed by atoms with E-state index in [4.69, 9.17) is 9.47 Å². The maximum Gasteiger partial charge on any atom is 0.264 e. The van der Waals surface area contributed by atoms with Crippen LogP contribution in [0.4, 0.5) is 5.82 Å². The predicted octanol–water partition coefficient (Wildman–Crippen LogP) is 1.38. The smallest absolute Gasteiger partial charge is 0.264 e. The molecular weight excluding hydrogens is 372 g/mol. The first-order chi connectivity index (χ1) is 14.3. The van der Waals surface area contributed by atoms with Crippen molar-refractivity contribution in [2.75, 3.05) is 31.1 Å². The first kappa shape index (κ1) is 17.7. The normalized spacial score (nSPS) is 18.2. The van der Waals surface area contributed by atoms with Gasteiger partial charge in [-0.25, -0.2) is 14.6 Å². The number of hydrogen-bond acceptors (Lipinski definition) is 7. The summed E-state index contributed by atoms with van der Waals surface area (Å²) in [4.78, 5) is 23.6. The van der Waals surface area contributed by atoms with Gasteiger partial charge in [0, 0.05) is 19.6 Å². The van der Waals surface area contributed by atoms with E-state index in [0.29, 0.717) is 24.6 Å². The lowest BCUT2D eigenvalue weighted by molar-refractivity contribution is -0.130. The number of nitrogens with zero attached hydrogens (tertiary/aromatic N) is 5. The van der Waals surface area contributed by atoms with Crippen molar-refractivity contribution >= 4 is 22.8 Å². The highest BCUT2D eigenvalue weighted by Gasteiger charge is 2.27. The highest BCUT2D eigenvalue weighted by Crippen LogP contribution is 2.31. The van der Waals surface area contributed by atoms with Gasteiger partial charge in [-0.05, 0) is 25.0 Å². The van der Waals surface area contributed by atoms with Crippen LogP contribution in [0.15, 0.2) is 36.8 Å². The molecule has 0 spiro atoms. The van der Waals surface area contributed by atoms with E-state index >= 15 is 0 Å². The maximum atomic E-state index is 12.4. The average molecular weight is 394 g/mol. The molecule has 9 heteroatoms. The molecule has 1 aromatic carbocycles. The van der Waals surface area contributed by atoms with Crippen molar-refractivity contribution in [3.8, 4) is 11.5 Å². The minimum Gasteiger partial charge on any atom is -0.485 e. The van der Waals surface area contributed by atoms with Crippen LogP contribution in [0.25, 0.3) is 11.0 Å². The molecule has 9 nitrogen and oxygen atoms in total. The summed E-state index contributed by atoms with van der Waals surface area (Å²) in [7, 11) is 0. The van der Waals surface area contributed by atoms with E-state index in [-0.39, 0.29) is 12.5 Å². The zero-order chi connectivity index (χ0) is 19.6. The molecule has 150 valence electrons. The zero-order valence-electron chi connectivity index (χ0n) is 16.0. The summed E-state index contributed by atoms with van der Waals surface area (Å²) >= 11 is 0. The number of carbonyl (C=O) groups excluding carboxylic acids is 1. The first-order valence-electron chi connectivity index (χ1n) is 9.87. The van der Waals surface area contributed by atoms with E-state index in [2.05, 4.69) is 25.3 Å². The van der Waals surface area contributed by atoms with Crippen LogP contribution in [0.3, 0.4) is 0 Å². The van der Waals surface area contributed by atoms with Gasteiger partial charge in [-0.3, -0.25) is 4.79 Å². The number of fused-ring (bicyclic) bond motifs is 2. The number of amides is 1. The molecular formula is C20H22N6O3. The summed E-state index contributed by atoms with van der Waals surface area (Å²) in [5.41, 5.74) is 0.780. The molecule has 4 heterocycles. The van der Waals surface area contributed by atoms with E-state index < -0.39 is 6.10 Å². The van der Waals surface area contributed by atoms with Crippen LogP contribution in [-0.2, 0) is 11.3 Å². The molecule has 2 aliphatic heterocycles. The second-order valence-electron chi connectivity index (χ2n) is 7.15. The number of para-hydroxylation sites is 2. The Morgan fingerprint density at radius 2 is 2.00 bits per heavy atom. The van der Waals surface area contributed by atoms with Crippen molar-refractivity contribution in [3.05, 3.63) is 36.8 Å². The molecule has 3 aromatic rings. The van der Waals surface area contributed by atoms with Crippen molar-refractivity contribution in [1.82, 2.24) is 25.1 Å². The van der Waals surface area contributed by atoms with E-state index in [9.17, 15) is 4.79 Å². The molecule has 5 rings (SSSR count). The van der Waals surface area contributed by atoms with Gasteiger partial charge in [-0.1, -0.05) is 12.1 Å². The lowest BCUT2D eigenvalue weighted by atomic mass is 10.2. The molecule has 2 aliphatic rings. The lowest BCUT2D eigenvalue weighted by Gasteiger charge is -2.25. The fourth-order valence-corrected chi connectivity index (χ4v) is 3.77.